The van der Waals surface area contributed by atoms with Gasteiger partial charge in [-0.2, -0.15) is 0 Å². The summed E-state index contributed by atoms with van der Waals surface area (Å²) in [6, 6.07) is 0. The highest BCUT2D eigenvalue weighted by Gasteiger charge is 2.20. The fraction of sp³-hybridized carbons (Fsp3) is 0.647. The molecule has 0 amide bonds. The second-order valence-electron chi connectivity index (χ2n) is 5.72. The van der Waals surface area contributed by atoms with E-state index in [1.54, 1.807) is 16.7 Å². The smallest absolute Gasteiger partial charge is 0.0236 e. The van der Waals surface area contributed by atoms with Crippen LogP contribution in [0, 0.1) is 5.92 Å². The Kier molecular flexibility index (Phi) is 4.82. The molecule has 1 heteroatoms. The monoisotopic (exact) mass is 245 g/mol. The summed E-state index contributed by atoms with van der Waals surface area (Å²) in [7, 11) is 0. The Morgan fingerprint density at radius 1 is 1.33 bits per heavy atom. The zero-order valence-corrected chi connectivity index (χ0v) is 12.2. The van der Waals surface area contributed by atoms with E-state index in [0.29, 0.717) is 0 Å². The van der Waals surface area contributed by atoms with E-state index in [1.807, 2.05) is 0 Å². The molecule has 0 fully saturated rings. The van der Waals surface area contributed by atoms with Crippen molar-refractivity contribution in [2.45, 2.75) is 46.5 Å². The maximum atomic E-state index is 2.63. The van der Waals surface area contributed by atoms with E-state index in [-0.39, 0.29) is 0 Å². The van der Waals surface area contributed by atoms with E-state index in [4.69, 9.17) is 0 Å². The zero-order valence-electron chi connectivity index (χ0n) is 12.2. The van der Waals surface area contributed by atoms with Crippen LogP contribution in [0.4, 0.5) is 0 Å². The number of hydrogen-bond donors (Lipinski definition) is 0. The van der Waals surface area contributed by atoms with Gasteiger partial charge in [0.05, 0.1) is 0 Å². The highest BCUT2D eigenvalue weighted by atomic mass is 15.1. The van der Waals surface area contributed by atoms with Crippen molar-refractivity contribution in [3.05, 3.63) is 34.9 Å². The lowest BCUT2D eigenvalue weighted by Crippen LogP contribution is -2.35. The molecular weight excluding hydrogens is 218 g/mol. The van der Waals surface area contributed by atoms with Gasteiger partial charge in [-0.25, -0.2) is 0 Å². The number of rotatable bonds is 4. The van der Waals surface area contributed by atoms with Gasteiger partial charge < -0.3 is 0 Å². The first-order valence-electron chi connectivity index (χ1n) is 7.54. The van der Waals surface area contributed by atoms with Crippen molar-refractivity contribution in [2.24, 2.45) is 5.92 Å². The van der Waals surface area contributed by atoms with Crippen molar-refractivity contribution < 1.29 is 0 Å². The van der Waals surface area contributed by atoms with Gasteiger partial charge >= 0.3 is 0 Å². The summed E-state index contributed by atoms with van der Waals surface area (Å²) in [5.74, 6) is 0.822. The molecule has 0 aromatic heterocycles. The Hall–Kier alpha value is -0.820. The third kappa shape index (κ3) is 3.14. The molecule has 0 aromatic rings. The summed E-state index contributed by atoms with van der Waals surface area (Å²) in [6.45, 7) is 10.6. The van der Waals surface area contributed by atoms with Crippen molar-refractivity contribution in [1.29, 1.82) is 0 Å². The van der Waals surface area contributed by atoms with Gasteiger partial charge in [0.2, 0.25) is 0 Å². The van der Waals surface area contributed by atoms with Crippen molar-refractivity contribution in [3.63, 3.8) is 0 Å². The van der Waals surface area contributed by atoms with E-state index < -0.39 is 0 Å². The van der Waals surface area contributed by atoms with Gasteiger partial charge in [-0.05, 0) is 41.9 Å². The summed E-state index contributed by atoms with van der Waals surface area (Å²) < 4.78 is 0. The van der Waals surface area contributed by atoms with Gasteiger partial charge in [0.15, 0.2) is 0 Å². The van der Waals surface area contributed by atoms with Crippen LogP contribution >= 0.6 is 0 Å². The summed E-state index contributed by atoms with van der Waals surface area (Å²) in [5.41, 5.74) is 4.82. The van der Waals surface area contributed by atoms with E-state index in [9.17, 15) is 0 Å². The zero-order chi connectivity index (χ0) is 13.0. The molecule has 2 rings (SSSR count). The van der Waals surface area contributed by atoms with E-state index in [0.717, 1.165) is 18.9 Å². The minimum atomic E-state index is 0.822. The lowest BCUT2D eigenvalue weighted by molar-refractivity contribution is 0.246. The Morgan fingerprint density at radius 2 is 2.17 bits per heavy atom. The highest BCUT2D eigenvalue weighted by molar-refractivity contribution is 5.44. The predicted octanol–water partition coefficient (Wildman–Crippen LogP) is 4.33. The Bertz CT molecular complexity index is 373. The Balaban J connectivity index is 2.09. The van der Waals surface area contributed by atoms with Crippen molar-refractivity contribution in [1.82, 2.24) is 4.90 Å². The van der Waals surface area contributed by atoms with Gasteiger partial charge in [0, 0.05) is 19.6 Å². The Labute approximate surface area is 112 Å². The largest absolute Gasteiger partial charge is 0.298 e. The standard InChI is InChI=1S/C17H27N/c1-4-14(3)12-18-11-10-17-15(5-2)8-6-7-9-16(17)13-18/h7-9,14H,4-6,10-13H2,1-3H3. The average Bonchev–Trinajstić information content (AvgIpc) is 2.59. The minimum absolute atomic E-state index is 0.822. The molecule has 1 aliphatic carbocycles. The van der Waals surface area contributed by atoms with Crippen LogP contribution in [0.3, 0.4) is 0 Å². The van der Waals surface area contributed by atoms with Crippen LogP contribution in [0.2, 0.25) is 0 Å². The van der Waals surface area contributed by atoms with Gasteiger partial charge in [-0.15, -0.1) is 0 Å². The average molecular weight is 245 g/mol. The molecule has 1 nitrogen and oxygen atoms in total. The minimum Gasteiger partial charge on any atom is -0.298 e. The first kappa shape index (κ1) is 13.6. The van der Waals surface area contributed by atoms with Crippen molar-refractivity contribution >= 4 is 0 Å². The molecule has 2 aliphatic rings. The summed E-state index contributed by atoms with van der Waals surface area (Å²) in [5, 5.41) is 0. The van der Waals surface area contributed by atoms with E-state index in [2.05, 4.69) is 43.9 Å². The van der Waals surface area contributed by atoms with Crippen LogP contribution in [-0.4, -0.2) is 24.5 Å². The van der Waals surface area contributed by atoms with E-state index in [1.165, 1.54) is 32.4 Å². The summed E-state index contributed by atoms with van der Waals surface area (Å²) in [6.07, 6.45) is 12.0. The van der Waals surface area contributed by atoms with Gasteiger partial charge in [0.1, 0.15) is 0 Å². The first-order valence-corrected chi connectivity index (χ1v) is 7.54. The molecule has 0 saturated heterocycles. The van der Waals surface area contributed by atoms with Crippen molar-refractivity contribution in [3.8, 4) is 0 Å². The van der Waals surface area contributed by atoms with Gasteiger partial charge in [0.25, 0.3) is 0 Å². The summed E-state index contributed by atoms with van der Waals surface area (Å²) >= 11 is 0. The fourth-order valence-electron chi connectivity index (χ4n) is 2.99. The second-order valence-corrected chi connectivity index (χ2v) is 5.72. The molecule has 0 N–H and O–H groups in total. The predicted molar refractivity (Wildman–Crippen MR) is 79.7 cm³/mol. The molecule has 1 atom stereocenters. The molecule has 0 radical (unpaired) electrons. The molecular formula is C17H27N. The molecule has 0 spiro atoms. The van der Waals surface area contributed by atoms with E-state index >= 15 is 0 Å². The Morgan fingerprint density at radius 3 is 2.89 bits per heavy atom. The molecule has 0 bridgehead atoms. The number of nitrogens with zero attached hydrogens (tertiary/aromatic N) is 1. The second kappa shape index (κ2) is 6.38. The fourth-order valence-corrected chi connectivity index (χ4v) is 2.99. The van der Waals surface area contributed by atoms with Crippen LogP contribution in [0.15, 0.2) is 34.9 Å². The normalized spacial score (nSPS) is 22.5. The molecule has 18 heavy (non-hydrogen) atoms. The maximum Gasteiger partial charge on any atom is 0.0236 e. The quantitative estimate of drug-likeness (QED) is 0.712. The third-order valence-electron chi connectivity index (χ3n) is 4.31. The molecule has 1 heterocycles. The van der Waals surface area contributed by atoms with Crippen LogP contribution in [0.1, 0.15) is 46.5 Å². The maximum absolute atomic E-state index is 2.63. The lowest BCUT2D eigenvalue weighted by atomic mass is 9.92. The molecule has 1 unspecified atom stereocenters. The van der Waals surface area contributed by atoms with Gasteiger partial charge in [-0.1, -0.05) is 45.4 Å². The molecule has 0 saturated carbocycles. The number of allylic oxidation sites excluding steroid dienone is 3. The van der Waals surface area contributed by atoms with Crippen LogP contribution in [-0.2, 0) is 0 Å². The molecule has 0 aromatic carbocycles. The molecule has 1 aliphatic heterocycles. The SMILES string of the molecule is CCC1=CCC=CC2=C1CCN(CC(C)CC)C2. The first-order chi connectivity index (χ1) is 8.74. The van der Waals surface area contributed by atoms with Crippen LogP contribution < -0.4 is 0 Å². The molecule has 100 valence electrons. The summed E-state index contributed by atoms with van der Waals surface area (Å²) in [4.78, 5) is 2.63. The van der Waals surface area contributed by atoms with Crippen LogP contribution in [0.25, 0.3) is 0 Å². The van der Waals surface area contributed by atoms with Crippen LogP contribution in [0.5, 0.6) is 0 Å². The topological polar surface area (TPSA) is 3.24 Å². The van der Waals surface area contributed by atoms with Crippen molar-refractivity contribution in [2.75, 3.05) is 19.6 Å². The lowest BCUT2D eigenvalue weighted by Gasteiger charge is -2.32. The highest BCUT2D eigenvalue weighted by Crippen LogP contribution is 2.30. The third-order valence-corrected chi connectivity index (χ3v) is 4.31. The van der Waals surface area contributed by atoms with Gasteiger partial charge in [-0.3, -0.25) is 4.90 Å². The number of hydrogen-bond acceptors (Lipinski definition) is 1.